The molecule has 1 aliphatic heterocycles. The highest BCUT2D eigenvalue weighted by Crippen LogP contribution is 2.21. The fourth-order valence-corrected chi connectivity index (χ4v) is 2.57. The quantitative estimate of drug-likeness (QED) is 0.713. The normalized spacial score (nSPS) is 19.1. The monoisotopic (exact) mass is 267 g/mol. The molecule has 4 heteroatoms. The summed E-state index contributed by atoms with van der Waals surface area (Å²) in [5.41, 5.74) is -0.170. The van der Waals surface area contributed by atoms with Crippen LogP contribution in [0, 0.1) is 16.7 Å². The summed E-state index contributed by atoms with van der Waals surface area (Å²) >= 11 is 0. The Balaban J connectivity index is 2.15. The van der Waals surface area contributed by atoms with Crippen LogP contribution in [-0.2, 0) is 0 Å². The third kappa shape index (κ3) is 6.91. The Morgan fingerprint density at radius 1 is 1.05 bits per heavy atom. The van der Waals surface area contributed by atoms with Gasteiger partial charge < -0.3 is 10.0 Å². The van der Waals surface area contributed by atoms with E-state index in [1.807, 2.05) is 13.8 Å². The van der Waals surface area contributed by atoms with Crippen molar-refractivity contribution in [1.29, 1.82) is 5.26 Å². The molecule has 0 unspecified atom stereocenters. The van der Waals surface area contributed by atoms with Crippen LogP contribution in [-0.4, -0.2) is 60.8 Å². The summed E-state index contributed by atoms with van der Waals surface area (Å²) in [6.07, 6.45) is 4.51. The van der Waals surface area contributed by atoms with Crippen molar-refractivity contribution in [3.63, 3.8) is 0 Å². The van der Waals surface area contributed by atoms with Crippen molar-refractivity contribution in [3.8, 4) is 6.07 Å². The van der Waals surface area contributed by atoms with Crippen molar-refractivity contribution in [2.45, 2.75) is 39.5 Å². The maximum Gasteiger partial charge on any atom is 0.0683 e. The van der Waals surface area contributed by atoms with Crippen LogP contribution < -0.4 is 0 Å². The van der Waals surface area contributed by atoms with E-state index < -0.39 is 0 Å². The summed E-state index contributed by atoms with van der Waals surface area (Å²) in [6, 6.07) is 2.37. The highest BCUT2D eigenvalue weighted by molar-refractivity contribution is 4.91. The molecule has 0 spiro atoms. The lowest BCUT2D eigenvalue weighted by Crippen LogP contribution is -2.32. The third-order valence-corrected chi connectivity index (χ3v) is 3.93. The van der Waals surface area contributed by atoms with Crippen LogP contribution in [0.1, 0.15) is 39.5 Å². The molecule has 0 bridgehead atoms. The molecule has 1 saturated heterocycles. The van der Waals surface area contributed by atoms with Gasteiger partial charge in [-0.15, -0.1) is 0 Å². The molecule has 19 heavy (non-hydrogen) atoms. The minimum absolute atomic E-state index is 0.170. The lowest BCUT2D eigenvalue weighted by molar-refractivity contribution is 0.196. The summed E-state index contributed by atoms with van der Waals surface area (Å²) in [7, 11) is 0. The zero-order valence-electron chi connectivity index (χ0n) is 12.6. The molecular weight excluding hydrogens is 238 g/mol. The van der Waals surface area contributed by atoms with Crippen LogP contribution in [0.15, 0.2) is 0 Å². The second-order valence-corrected chi connectivity index (χ2v) is 6.21. The molecule has 1 heterocycles. The molecule has 0 aliphatic carbocycles. The molecule has 0 saturated carbocycles. The van der Waals surface area contributed by atoms with Gasteiger partial charge in [0.2, 0.25) is 0 Å². The van der Waals surface area contributed by atoms with Crippen LogP contribution in [0.25, 0.3) is 0 Å². The van der Waals surface area contributed by atoms with E-state index >= 15 is 0 Å². The molecule has 4 nitrogen and oxygen atoms in total. The summed E-state index contributed by atoms with van der Waals surface area (Å²) in [6.45, 7) is 10.7. The highest BCUT2D eigenvalue weighted by atomic mass is 16.3. The number of β-amino-alcohol motifs (C(OH)–C–C–N with tert-alkyl or cyclic N) is 1. The highest BCUT2D eigenvalue weighted by Gasteiger charge is 2.17. The molecule has 1 aliphatic rings. The van der Waals surface area contributed by atoms with Gasteiger partial charge in [-0.3, -0.25) is 4.90 Å². The van der Waals surface area contributed by atoms with Crippen molar-refractivity contribution in [3.05, 3.63) is 0 Å². The van der Waals surface area contributed by atoms with Crippen molar-refractivity contribution in [2.24, 2.45) is 5.41 Å². The Kier molecular flexibility index (Phi) is 7.37. The second-order valence-electron chi connectivity index (χ2n) is 6.21. The second kappa shape index (κ2) is 8.52. The summed E-state index contributed by atoms with van der Waals surface area (Å²) < 4.78 is 0. The van der Waals surface area contributed by atoms with Gasteiger partial charge in [-0.25, -0.2) is 0 Å². The minimum atomic E-state index is -0.170. The van der Waals surface area contributed by atoms with Gasteiger partial charge >= 0.3 is 0 Å². The Morgan fingerprint density at radius 2 is 1.68 bits per heavy atom. The van der Waals surface area contributed by atoms with Gasteiger partial charge in [0, 0.05) is 19.6 Å². The van der Waals surface area contributed by atoms with Gasteiger partial charge in [-0.05, 0) is 52.7 Å². The minimum Gasteiger partial charge on any atom is -0.395 e. The standard InChI is InChI=1S/C15H29N3O/c1-15(2,14-16)6-3-4-7-17-8-5-9-18(11-10-17)12-13-19/h19H,3-13H2,1-2H3. The van der Waals surface area contributed by atoms with E-state index in [-0.39, 0.29) is 12.0 Å². The number of nitriles is 1. The number of aliphatic hydroxyl groups excluding tert-OH is 1. The molecule has 0 radical (unpaired) electrons. The Morgan fingerprint density at radius 3 is 2.26 bits per heavy atom. The van der Waals surface area contributed by atoms with Crippen LogP contribution >= 0.6 is 0 Å². The largest absolute Gasteiger partial charge is 0.395 e. The van der Waals surface area contributed by atoms with Crippen molar-refractivity contribution in [1.82, 2.24) is 9.80 Å². The molecule has 0 aromatic rings. The SMILES string of the molecule is CC(C)(C#N)CCCCN1CCCN(CCO)CC1. The van der Waals surface area contributed by atoms with Gasteiger partial charge in [-0.2, -0.15) is 5.26 Å². The zero-order valence-corrected chi connectivity index (χ0v) is 12.6. The molecule has 0 aromatic heterocycles. The van der Waals surface area contributed by atoms with E-state index in [2.05, 4.69) is 15.9 Å². The van der Waals surface area contributed by atoms with Gasteiger partial charge in [0.25, 0.3) is 0 Å². The van der Waals surface area contributed by atoms with E-state index in [1.165, 1.54) is 19.4 Å². The van der Waals surface area contributed by atoms with Crippen LogP contribution in [0.5, 0.6) is 0 Å². The Labute approximate surface area is 118 Å². The van der Waals surface area contributed by atoms with E-state index in [1.54, 1.807) is 0 Å². The Hall–Kier alpha value is -0.630. The molecule has 1 fully saturated rings. The predicted molar refractivity (Wildman–Crippen MR) is 77.8 cm³/mol. The first-order chi connectivity index (χ1) is 9.07. The van der Waals surface area contributed by atoms with E-state index in [0.29, 0.717) is 0 Å². The average Bonchev–Trinajstić information content (AvgIpc) is 2.61. The summed E-state index contributed by atoms with van der Waals surface area (Å²) in [4.78, 5) is 4.87. The lowest BCUT2D eigenvalue weighted by Gasteiger charge is -2.22. The number of aliphatic hydroxyl groups is 1. The number of hydrogen-bond donors (Lipinski definition) is 1. The van der Waals surface area contributed by atoms with Crippen LogP contribution in [0.4, 0.5) is 0 Å². The topological polar surface area (TPSA) is 50.5 Å². The predicted octanol–water partition coefficient (Wildman–Crippen LogP) is 1.71. The Bertz CT molecular complexity index is 286. The van der Waals surface area contributed by atoms with Gasteiger partial charge in [0.05, 0.1) is 18.1 Å². The fraction of sp³-hybridized carbons (Fsp3) is 0.933. The molecule has 0 amide bonds. The molecule has 1 rings (SSSR count). The van der Waals surface area contributed by atoms with E-state index in [4.69, 9.17) is 10.4 Å². The zero-order chi connectivity index (χ0) is 14.1. The molecule has 110 valence electrons. The maximum atomic E-state index is 8.97. The smallest absolute Gasteiger partial charge is 0.0683 e. The van der Waals surface area contributed by atoms with Crippen molar-refractivity contribution in [2.75, 3.05) is 45.9 Å². The van der Waals surface area contributed by atoms with Gasteiger partial charge in [-0.1, -0.05) is 6.42 Å². The molecular formula is C15H29N3O. The number of hydrogen-bond acceptors (Lipinski definition) is 4. The van der Waals surface area contributed by atoms with Crippen molar-refractivity contribution >= 4 is 0 Å². The first-order valence-electron chi connectivity index (χ1n) is 7.54. The molecule has 0 aromatic carbocycles. The fourth-order valence-electron chi connectivity index (χ4n) is 2.57. The number of rotatable bonds is 7. The summed E-state index contributed by atoms with van der Waals surface area (Å²) in [5.74, 6) is 0. The summed E-state index contributed by atoms with van der Waals surface area (Å²) in [5, 5.41) is 17.9. The van der Waals surface area contributed by atoms with Crippen molar-refractivity contribution < 1.29 is 5.11 Å². The first-order valence-corrected chi connectivity index (χ1v) is 7.54. The number of nitrogens with zero attached hydrogens (tertiary/aromatic N) is 3. The van der Waals surface area contributed by atoms with Gasteiger partial charge in [0.1, 0.15) is 0 Å². The lowest BCUT2D eigenvalue weighted by atomic mass is 9.89. The first kappa shape index (κ1) is 16.4. The van der Waals surface area contributed by atoms with Gasteiger partial charge in [0.15, 0.2) is 0 Å². The van der Waals surface area contributed by atoms with E-state index in [9.17, 15) is 0 Å². The maximum absolute atomic E-state index is 8.97. The van der Waals surface area contributed by atoms with Crippen LogP contribution in [0.2, 0.25) is 0 Å². The average molecular weight is 267 g/mol. The van der Waals surface area contributed by atoms with E-state index in [0.717, 1.165) is 45.6 Å². The molecule has 0 atom stereocenters. The third-order valence-electron chi connectivity index (χ3n) is 3.93. The number of unbranched alkanes of at least 4 members (excludes halogenated alkanes) is 1. The molecule has 1 N–H and O–H groups in total. The van der Waals surface area contributed by atoms with Crippen LogP contribution in [0.3, 0.4) is 0 Å².